The van der Waals surface area contributed by atoms with Crippen LogP contribution in [0.15, 0.2) is 12.3 Å². The van der Waals surface area contributed by atoms with Crippen LogP contribution in [-0.4, -0.2) is 39.7 Å². The Labute approximate surface area is 115 Å². The van der Waals surface area contributed by atoms with Crippen molar-refractivity contribution in [3.05, 3.63) is 29.1 Å². The summed E-state index contributed by atoms with van der Waals surface area (Å²) in [6.45, 7) is 1.87. The van der Waals surface area contributed by atoms with Gasteiger partial charge in [-0.3, -0.25) is 19.4 Å². The smallest absolute Gasteiger partial charge is 0.311 e. The second-order valence-corrected chi connectivity index (χ2v) is 4.02. The molecule has 1 heterocycles. The third-order valence-corrected chi connectivity index (χ3v) is 2.53. The number of carbonyl (C=O) groups is 3. The van der Waals surface area contributed by atoms with Gasteiger partial charge >= 0.3 is 17.9 Å². The van der Waals surface area contributed by atoms with Crippen molar-refractivity contribution in [3.8, 4) is 0 Å². The molecule has 0 radical (unpaired) electrons. The maximum atomic E-state index is 11.5. The molecule has 1 aromatic heterocycles. The lowest BCUT2D eigenvalue weighted by Crippen LogP contribution is -2.15. The predicted octanol–water partition coefficient (Wildman–Crippen LogP) is 0.441. The van der Waals surface area contributed by atoms with E-state index in [-0.39, 0.29) is 37.1 Å². The molecule has 1 aromatic rings. The highest BCUT2D eigenvalue weighted by atomic mass is 16.5. The average molecular weight is 281 g/mol. The van der Waals surface area contributed by atoms with Crippen LogP contribution in [0.25, 0.3) is 0 Å². The molecule has 0 aromatic carbocycles. The molecule has 108 valence electrons. The van der Waals surface area contributed by atoms with Crippen LogP contribution in [0.1, 0.15) is 23.7 Å². The number of nitrogens with zero attached hydrogens (tertiary/aromatic N) is 1. The maximum Gasteiger partial charge on any atom is 0.311 e. The molecule has 0 aliphatic rings. The second kappa shape index (κ2) is 7.22. The fraction of sp³-hybridized carbons (Fsp3) is 0.385. The molecule has 0 aliphatic heterocycles. The monoisotopic (exact) mass is 281 g/mol. The van der Waals surface area contributed by atoms with Crippen molar-refractivity contribution in [1.82, 2.24) is 4.98 Å². The number of hydrogen-bond donors (Lipinski definition) is 2. The second-order valence-electron chi connectivity index (χ2n) is 4.02. The van der Waals surface area contributed by atoms with Gasteiger partial charge in [0.25, 0.3) is 0 Å². The standard InChI is InChI=1S/C13H15NO6/c1-2-20-13(19)7-10-9(6-12(17)18)8(3-4-14-10)5-11(15)16/h3-4H,2,5-7H2,1H3,(H,15,16)(H,17,18). The van der Waals surface area contributed by atoms with Gasteiger partial charge in [-0.1, -0.05) is 0 Å². The number of rotatable bonds is 7. The highest BCUT2D eigenvalue weighted by Crippen LogP contribution is 2.16. The van der Waals surface area contributed by atoms with Gasteiger partial charge in [0.2, 0.25) is 0 Å². The molecule has 20 heavy (non-hydrogen) atoms. The number of pyridine rings is 1. The SMILES string of the molecule is CCOC(=O)Cc1nccc(CC(=O)O)c1CC(=O)O. The van der Waals surface area contributed by atoms with E-state index >= 15 is 0 Å². The lowest BCUT2D eigenvalue weighted by Gasteiger charge is -2.11. The van der Waals surface area contributed by atoms with Crippen molar-refractivity contribution >= 4 is 17.9 Å². The van der Waals surface area contributed by atoms with Gasteiger partial charge in [0.15, 0.2) is 0 Å². The van der Waals surface area contributed by atoms with Crippen LogP contribution in [-0.2, 0) is 38.4 Å². The molecular formula is C13H15NO6. The van der Waals surface area contributed by atoms with Gasteiger partial charge in [-0.15, -0.1) is 0 Å². The average Bonchev–Trinajstić information content (AvgIpc) is 2.32. The highest BCUT2D eigenvalue weighted by molar-refractivity contribution is 5.77. The summed E-state index contributed by atoms with van der Waals surface area (Å²) in [5.41, 5.74) is 0.842. The molecule has 0 fully saturated rings. The number of aliphatic carboxylic acids is 2. The predicted molar refractivity (Wildman–Crippen MR) is 67.3 cm³/mol. The Morgan fingerprint density at radius 2 is 1.80 bits per heavy atom. The van der Waals surface area contributed by atoms with Gasteiger partial charge in [0.1, 0.15) is 0 Å². The fourth-order valence-electron chi connectivity index (χ4n) is 1.78. The van der Waals surface area contributed by atoms with E-state index in [2.05, 4.69) is 4.98 Å². The van der Waals surface area contributed by atoms with Crippen LogP contribution >= 0.6 is 0 Å². The normalized spacial score (nSPS) is 10.1. The molecule has 2 N–H and O–H groups in total. The quantitative estimate of drug-likeness (QED) is 0.697. The largest absolute Gasteiger partial charge is 0.481 e. The van der Waals surface area contributed by atoms with E-state index < -0.39 is 17.9 Å². The summed E-state index contributed by atoms with van der Waals surface area (Å²) in [6, 6.07) is 1.45. The minimum Gasteiger partial charge on any atom is -0.481 e. The zero-order chi connectivity index (χ0) is 15.1. The lowest BCUT2D eigenvalue weighted by atomic mass is 9.99. The molecule has 0 aliphatic carbocycles. The van der Waals surface area contributed by atoms with Crippen molar-refractivity contribution in [2.45, 2.75) is 26.2 Å². The van der Waals surface area contributed by atoms with E-state index in [0.717, 1.165) is 0 Å². The summed E-state index contributed by atoms with van der Waals surface area (Å²) in [4.78, 5) is 37.1. The summed E-state index contributed by atoms with van der Waals surface area (Å²) >= 11 is 0. The first-order valence-electron chi connectivity index (χ1n) is 5.98. The first kappa shape index (κ1) is 15.6. The molecule has 0 spiro atoms. The molecule has 0 atom stereocenters. The molecule has 7 nitrogen and oxygen atoms in total. The molecule has 0 bridgehead atoms. The van der Waals surface area contributed by atoms with Gasteiger partial charge in [-0.25, -0.2) is 0 Å². The summed E-state index contributed by atoms with van der Waals surface area (Å²) < 4.78 is 4.78. The van der Waals surface area contributed by atoms with Crippen molar-refractivity contribution in [1.29, 1.82) is 0 Å². The summed E-state index contributed by atoms with van der Waals surface area (Å²) in [5, 5.41) is 17.7. The van der Waals surface area contributed by atoms with Gasteiger partial charge in [-0.05, 0) is 24.1 Å². The van der Waals surface area contributed by atoms with E-state index in [4.69, 9.17) is 14.9 Å². The Morgan fingerprint density at radius 3 is 2.35 bits per heavy atom. The summed E-state index contributed by atoms with van der Waals surface area (Å²) in [7, 11) is 0. The van der Waals surface area contributed by atoms with E-state index in [1.165, 1.54) is 12.3 Å². The minimum absolute atomic E-state index is 0.177. The number of carbonyl (C=O) groups excluding carboxylic acids is 1. The Kier molecular flexibility index (Phi) is 5.64. The van der Waals surface area contributed by atoms with E-state index in [1.54, 1.807) is 6.92 Å². The number of esters is 1. The van der Waals surface area contributed by atoms with E-state index in [1.807, 2.05) is 0 Å². The van der Waals surface area contributed by atoms with Crippen molar-refractivity contribution in [3.63, 3.8) is 0 Å². The molecule has 0 saturated heterocycles. The van der Waals surface area contributed by atoms with Crippen LogP contribution in [0, 0.1) is 0 Å². The van der Waals surface area contributed by atoms with Crippen molar-refractivity contribution < 1.29 is 29.3 Å². The topological polar surface area (TPSA) is 114 Å². The Balaban J connectivity index is 3.10. The third kappa shape index (κ3) is 4.68. The minimum atomic E-state index is -1.12. The van der Waals surface area contributed by atoms with Crippen LogP contribution < -0.4 is 0 Å². The van der Waals surface area contributed by atoms with E-state index in [0.29, 0.717) is 5.56 Å². The molecule has 0 saturated carbocycles. The van der Waals surface area contributed by atoms with Crippen LogP contribution in [0.3, 0.4) is 0 Å². The first-order valence-corrected chi connectivity index (χ1v) is 5.98. The van der Waals surface area contributed by atoms with Gasteiger partial charge in [-0.2, -0.15) is 0 Å². The zero-order valence-corrected chi connectivity index (χ0v) is 11.0. The highest BCUT2D eigenvalue weighted by Gasteiger charge is 2.17. The molecule has 1 rings (SSSR count). The molecular weight excluding hydrogens is 266 g/mol. The third-order valence-electron chi connectivity index (χ3n) is 2.53. The van der Waals surface area contributed by atoms with Crippen molar-refractivity contribution in [2.75, 3.05) is 6.61 Å². The molecule has 7 heteroatoms. The number of ether oxygens (including phenoxy) is 1. The Morgan fingerprint density at radius 1 is 1.15 bits per heavy atom. The van der Waals surface area contributed by atoms with Crippen LogP contribution in [0.5, 0.6) is 0 Å². The van der Waals surface area contributed by atoms with E-state index in [9.17, 15) is 14.4 Å². The maximum absolute atomic E-state index is 11.5. The van der Waals surface area contributed by atoms with Gasteiger partial charge < -0.3 is 14.9 Å². The Bertz CT molecular complexity index is 526. The first-order chi connectivity index (χ1) is 9.43. The molecule has 0 unspecified atom stereocenters. The van der Waals surface area contributed by atoms with Gasteiger partial charge in [0.05, 0.1) is 31.6 Å². The van der Waals surface area contributed by atoms with Crippen molar-refractivity contribution in [2.24, 2.45) is 0 Å². The Hall–Kier alpha value is -2.44. The van der Waals surface area contributed by atoms with Crippen LogP contribution in [0.4, 0.5) is 0 Å². The van der Waals surface area contributed by atoms with Crippen LogP contribution in [0.2, 0.25) is 0 Å². The molecule has 0 amide bonds. The number of aromatic nitrogens is 1. The number of carboxylic acid groups (broad SMARTS) is 2. The fourth-order valence-corrected chi connectivity index (χ4v) is 1.78. The lowest BCUT2D eigenvalue weighted by molar-refractivity contribution is -0.142. The zero-order valence-electron chi connectivity index (χ0n) is 11.0. The van der Waals surface area contributed by atoms with Gasteiger partial charge in [0, 0.05) is 6.20 Å². The summed E-state index contributed by atoms with van der Waals surface area (Å²) in [5.74, 6) is -2.72. The number of hydrogen-bond acceptors (Lipinski definition) is 5. The number of carboxylic acids is 2. The summed E-state index contributed by atoms with van der Waals surface area (Å²) in [6.07, 6.45) is 0.480.